The number of hydrogen-bond acceptors (Lipinski definition) is 3. The first kappa shape index (κ1) is 12.8. The molecule has 0 amide bonds. The van der Waals surface area contributed by atoms with Crippen LogP contribution in [0, 0.1) is 0 Å². The molecule has 17 heavy (non-hydrogen) atoms. The molecule has 0 spiro atoms. The topological polar surface area (TPSA) is 46.9 Å². The highest BCUT2D eigenvalue weighted by Gasteiger charge is 2.16. The number of rotatable bonds is 6. The van der Waals surface area contributed by atoms with Gasteiger partial charge in [0.2, 0.25) is 0 Å². The molecule has 4 nitrogen and oxygen atoms in total. The minimum atomic E-state index is -0.540. The monoisotopic (exact) mass is 255 g/mol. The van der Waals surface area contributed by atoms with Gasteiger partial charge in [0.25, 0.3) is 0 Å². The Bertz CT molecular complexity index is 330. The molecule has 2 heterocycles. The van der Waals surface area contributed by atoms with Gasteiger partial charge in [-0.1, -0.05) is 0 Å². The summed E-state index contributed by atoms with van der Waals surface area (Å²) in [6.45, 7) is 2.13. The third-order valence-corrected chi connectivity index (χ3v) is 4.61. The van der Waals surface area contributed by atoms with Crippen molar-refractivity contribution >= 4 is 10.8 Å². The van der Waals surface area contributed by atoms with Gasteiger partial charge in [-0.25, -0.2) is 4.98 Å². The molecular weight excluding hydrogens is 234 g/mol. The Hall–Kier alpha value is -0.680. The van der Waals surface area contributed by atoms with Gasteiger partial charge in [0, 0.05) is 47.3 Å². The molecule has 0 aliphatic carbocycles. The molecule has 96 valence electrons. The Morgan fingerprint density at radius 1 is 1.35 bits per heavy atom. The van der Waals surface area contributed by atoms with Crippen LogP contribution in [0.3, 0.4) is 0 Å². The number of unbranched alkanes of at least 4 members (excludes halogenated alkanes) is 1. The van der Waals surface area contributed by atoms with Crippen molar-refractivity contribution in [3.8, 4) is 0 Å². The zero-order chi connectivity index (χ0) is 11.9. The zero-order valence-corrected chi connectivity index (χ0v) is 11.0. The fourth-order valence-corrected chi connectivity index (χ4v) is 3.44. The highest BCUT2D eigenvalue weighted by atomic mass is 32.2. The lowest BCUT2D eigenvalue weighted by Crippen LogP contribution is -2.36. The summed E-state index contributed by atoms with van der Waals surface area (Å²) in [5, 5.41) is 3.56. The average molecular weight is 255 g/mol. The lowest BCUT2D eigenvalue weighted by molar-refractivity contribution is 0.459. The smallest absolute Gasteiger partial charge is 0.0945 e. The van der Waals surface area contributed by atoms with E-state index >= 15 is 0 Å². The van der Waals surface area contributed by atoms with E-state index in [1.807, 2.05) is 18.7 Å². The van der Waals surface area contributed by atoms with Gasteiger partial charge in [-0.15, -0.1) is 0 Å². The van der Waals surface area contributed by atoms with Crippen LogP contribution >= 0.6 is 0 Å². The Labute approximate surface area is 105 Å². The first-order valence-corrected chi connectivity index (χ1v) is 7.87. The van der Waals surface area contributed by atoms with E-state index in [2.05, 4.69) is 14.9 Å². The number of imidazole rings is 1. The van der Waals surface area contributed by atoms with Crippen molar-refractivity contribution in [2.75, 3.05) is 18.1 Å². The lowest BCUT2D eigenvalue weighted by Gasteiger charge is -2.22. The molecule has 0 atom stereocenters. The molecule has 0 aromatic carbocycles. The van der Waals surface area contributed by atoms with Crippen LogP contribution in [0.5, 0.6) is 0 Å². The predicted molar refractivity (Wildman–Crippen MR) is 70.4 cm³/mol. The fraction of sp³-hybridized carbons (Fsp3) is 0.750. The molecule has 1 N–H and O–H groups in total. The average Bonchev–Trinajstić information content (AvgIpc) is 2.84. The van der Waals surface area contributed by atoms with E-state index in [4.69, 9.17) is 0 Å². The summed E-state index contributed by atoms with van der Waals surface area (Å²) < 4.78 is 13.3. The maximum Gasteiger partial charge on any atom is 0.0945 e. The molecule has 0 saturated carbocycles. The molecular formula is C12H21N3OS. The molecule has 5 heteroatoms. The summed E-state index contributed by atoms with van der Waals surface area (Å²) in [7, 11) is -0.540. The number of aryl methyl sites for hydroxylation is 1. The molecule has 1 aliphatic rings. The van der Waals surface area contributed by atoms with Gasteiger partial charge in [0.15, 0.2) is 0 Å². The van der Waals surface area contributed by atoms with E-state index < -0.39 is 10.8 Å². The molecule has 1 aliphatic heterocycles. The SMILES string of the molecule is O=S1CCC(NCCCCn2ccnc2)CC1. The molecule has 1 aromatic rings. The van der Waals surface area contributed by atoms with E-state index in [0.717, 1.165) is 37.4 Å². The normalized spacial score (nSPS) is 24.9. The largest absolute Gasteiger partial charge is 0.337 e. The molecule has 0 radical (unpaired) electrons. The molecule has 0 bridgehead atoms. The Morgan fingerprint density at radius 3 is 2.88 bits per heavy atom. The summed E-state index contributed by atoms with van der Waals surface area (Å²) in [4.78, 5) is 4.02. The number of nitrogens with one attached hydrogen (secondary N) is 1. The summed E-state index contributed by atoms with van der Waals surface area (Å²) in [6, 6.07) is 0.598. The minimum Gasteiger partial charge on any atom is -0.337 e. The molecule has 2 rings (SSSR count). The van der Waals surface area contributed by atoms with Crippen molar-refractivity contribution in [3.63, 3.8) is 0 Å². The van der Waals surface area contributed by atoms with Crippen LogP contribution in [-0.4, -0.2) is 37.9 Å². The molecule has 1 fully saturated rings. The molecule has 1 saturated heterocycles. The fourth-order valence-electron chi connectivity index (χ4n) is 2.14. The molecule has 1 aromatic heterocycles. The third-order valence-electron chi connectivity index (χ3n) is 3.22. The maximum absolute atomic E-state index is 11.2. The lowest BCUT2D eigenvalue weighted by atomic mass is 10.1. The standard InChI is InChI=1S/C12H21N3OS/c16-17-9-3-12(4-10-17)14-5-1-2-7-15-8-6-13-11-15/h6,8,11-12,14H,1-5,7,9-10H2. The van der Waals surface area contributed by atoms with Crippen molar-refractivity contribution in [2.45, 2.75) is 38.3 Å². The highest BCUT2D eigenvalue weighted by molar-refractivity contribution is 7.85. The van der Waals surface area contributed by atoms with Crippen molar-refractivity contribution in [1.29, 1.82) is 0 Å². The van der Waals surface area contributed by atoms with Crippen LogP contribution < -0.4 is 5.32 Å². The first-order valence-electron chi connectivity index (χ1n) is 6.39. The van der Waals surface area contributed by atoms with Gasteiger partial charge in [0.05, 0.1) is 6.33 Å². The van der Waals surface area contributed by atoms with Crippen molar-refractivity contribution in [3.05, 3.63) is 18.7 Å². The third kappa shape index (κ3) is 4.60. The van der Waals surface area contributed by atoms with Gasteiger partial charge in [-0.05, 0) is 32.2 Å². The Kier molecular flexibility index (Phi) is 5.19. The maximum atomic E-state index is 11.2. The predicted octanol–water partition coefficient (Wildman–Crippen LogP) is 1.16. The highest BCUT2D eigenvalue weighted by Crippen LogP contribution is 2.09. The van der Waals surface area contributed by atoms with Crippen LogP contribution in [0.4, 0.5) is 0 Å². The van der Waals surface area contributed by atoms with Gasteiger partial charge in [0.1, 0.15) is 0 Å². The second-order valence-electron chi connectivity index (χ2n) is 4.58. The van der Waals surface area contributed by atoms with E-state index in [1.54, 1.807) is 0 Å². The van der Waals surface area contributed by atoms with Crippen LogP contribution in [-0.2, 0) is 17.3 Å². The Balaban J connectivity index is 1.50. The van der Waals surface area contributed by atoms with E-state index in [0.29, 0.717) is 6.04 Å². The van der Waals surface area contributed by atoms with E-state index in [1.165, 1.54) is 12.8 Å². The first-order chi connectivity index (χ1) is 8.34. The van der Waals surface area contributed by atoms with Gasteiger partial charge >= 0.3 is 0 Å². The number of aromatic nitrogens is 2. The minimum absolute atomic E-state index is 0.540. The van der Waals surface area contributed by atoms with Crippen LogP contribution in [0.1, 0.15) is 25.7 Å². The van der Waals surface area contributed by atoms with Crippen molar-refractivity contribution < 1.29 is 4.21 Å². The summed E-state index contributed by atoms with van der Waals surface area (Å²) >= 11 is 0. The summed E-state index contributed by atoms with van der Waals surface area (Å²) in [5.74, 6) is 1.76. The van der Waals surface area contributed by atoms with Crippen LogP contribution in [0.25, 0.3) is 0 Å². The van der Waals surface area contributed by atoms with Crippen LogP contribution in [0.2, 0.25) is 0 Å². The second-order valence-corrected chi connectivity index (χ2v) is 6.28. The summed E-state index contributed by atoms with van der Waals surface area (Å²) in [6.07, 6.45) is 10.2. The van der Waals surface area contributed by atoms with Gasteiger partial charge in [-0.2, -0.15) is 0 Å². The zero-order valence-electron chi connectivity index (χ0n) is 10.2. The summed E-state index contributed by atoms with van der Waals surface area (Å²) in [5.41, 5.74) is 0. The van der Waals surface area contributed by atoms with Crippen LogP contribution in [0.15, 0.2) is 18.7 Å². The quantitative estimate of drug-likeness (QED) is 0.776. The number of hydrogen-bond donors (Lipinski definition) is 1. The van der Waals surface area contributed by atoms with Gasteiger partial charge < -0.3 is 9.88 Å². The van der Waals surface area contributed by atoms with Gasteiger partial charge in [-0.3, -0.25) is 4.21 Å². The number of nitrogens with zero attached hydrogens (tertiary/aromatic N) is 2. The molecule has 0 unspecified atom stereocenters. The van der Waals surface area contributed by atoms with Crippen molar-refractivity contribution in [1.82, 2.24) is 14.9 Å². The van der Waals surface area contributed by atoms with E-state index in [-0.39, 0.29) is 0 Å². The van der Waals surface area contributed by atoms with Crippen molar-refractivity contribution in [2.24, 2.45) is 0 Å². The Morgan fingerprint density at radius 2 is 2.18 bits per heavy atom. The van der Waals surface area contributed by atoms with E-state index in [9.17, 15) is 4.21 Å². The second kappa shape index (κ2) is 6.91.